The lowest BCUT2D eigenvalue weighted by atomic mass is 10.1. The SMILES string of the molecule is Cc1cccc(Cn2c(-c3cccnc3)n[nH]c2=S)c1. The fourth-order valence-electron chi connectivity index (χ4n) is 2.17. The summed E-state index contributed by atoms with van der Waals surface area (Å²) in [6.45, 7) is 2.78. The molecule has 0 atom stereocenters. The lowest BCUT2D eigenvalue weighted by Gasteiger charge is -2.07. The summed E-state index contributed by atoms with van der Waals surface area (Å²) in [5.74, 6) is 0.810. The Bertz CT molecular complexity index is 774. The van der Waals surface area contributed by atoms with E-state index < -0.39 is 0 Å². The average molecular weight is 282 g/mol. The van der Waals surface area contributed by atoms with Crippen LogP contribution in [0.3, 0.4) is 0 Å². The van der Waals surface area contributed by atoms with Crippen LogP contribution in [0.25, 0.3) is 11.4 Å². The summed E-state index contributed by atoms with van der Waals surface area (Å²) >= 11 is 5.33. The molecule has 0 amide bonds. The molecular weight excluding hydrogens is 268 g/mol. The van der Waals surface area contributed by atoms with Crippen molar-refractivity contribution >= 4 is 12.2 Å². The first kappa shape index (κ1) is 12.7. The number of rotatable bonds is 3. The van der Waals surface area contributed by atoms with Crippen molar-refractivity contribution in [2.75, 3.05) is 0 Å². The molecule has 0 fully saturated rings. The van der Waals surface area contributed by atoms with Crippen molar-refractivity contribution in [2.24, 2.45) is 0 Å². The molecule has 4 nitrogen and oxygen atoms in total. The summed E-state index contributed by atoms with van der Waals surface area (Å²) in [7, 11) is 0. The van der Waals surface area contributed by atoms with Crippen LogP contribution in [0.15, 0.2) is 48.8 Å². The van der Waals surface area contributed by atoms with E-state index in [4.69, 9.17) is 12.2 Å². The smallest absolute Gasteiger partial charge is 0.195 e. The van der Waals surface area contributed by atoms with Gasteiger partial charge < -0.3 is 0 Å². The van der Waals surface area contributed by atoms with Crippen molar-refractivity contribution in [3.63, 3.8) is 0 Å². The van der Waals surface area contributed by atoms with E-state index in [1.165, 1.54) is 11.1 Å². The van der Waals surface area contributed by atoms with Gasteiger partial charge in [0.25, 0.3) is 0 Å². The Morgan fingerprint density at radius 2 is 2.15 bits per heavy atom. The maximum atomic E-state index is 5.33. The summed E-state index contributed by atoms with van der Waals surface area (Å²) in [5, 5.41) is 7.17. The molecule has 1 N–H and O–H groups in total. The standard InChI is InChI=1S/C15H14N4S/c1-11-4-2-5-12(8-11)10-19-14(17-18-15(19)20)13-6-3-7-16-9-13/h2-9H,10H2,1H3,(H,18,20). The topological polar surface area (TPSA) is 46.5 Å². The highest BCUT2D eigenvalue weighted by Gasteiger charge is 2.09. The van der Waals surface area contributed by atoms with Crippen LogP contribution < -0.4 is 0 Å². The van der Waals surface area contributed by atoms with Crippen LogP contribution in [0.5, 0.6) is 0 Å². The fraction of sp³-hybridized carbons (Fsp3) is 0.133. The van der Waals surface area contributed by atoms with E-state index >= 15 is 0 Å². The zero-order valence-corrected chi connectivity index (χ0v) is 11.9. The molecule has 0 saturated heterocycles. The minimum atomic E-state index is 0.616. The van der Waals surface area contributed by atoms with Gasteiger partial charge >= 0.3 is 0 Å². The lowest BCUT2D eigenvalue weighted by molar-refractivity contribution is 0.789. The predicted molar refractivity (Wildman–Crippen MR) is 80.9 cm³/mol. The van der Waals surface area contributed by atoms with Crippen molar-refractivity contribution in [3.8, 4) is 11.4 Å². The number of hydrogen-bond acceptors (Lipinski definition) is 3. The number of aryl methyl sites for hydroxylation is 1. The molecule has 0 aliphatic heterocycles. The Hall–Kier alpha value is -2.27. The van der Waals surface area contributed by atoms with Gasteiger partial charge in [-0.3, -0.25) is 14.6 Å². The number of aromatic nitrogens is 4. The van der Waals surface area contributed by atoms with Crippen LogP contribution in [0.1, 0.15) is 11.1 Å². The summed E-state index contributed by atoms with van der Waals surface area (Å²) < 4.78 is 2.60. The minimum Gasteiger partial charge on any atom is -0.296 e. The van der Waals surface area contributed by atoms with Crippen molar-refractivity contribution in [1.82, 2.24) is 19.7 Å². The van der Waals surface area contributed by atoms with Gasteiger partial charge in [0.05, 0.1) is 6.54 Å². The Morgan fingerprint density at radius 3 is 2.90 bits per heavy atom. The molecule has 3 aromatic rings. The zero-order valence-electron chi connectivity index (χ0n) is 11.1. The number of pyridine rings is 1. The molecule has 2 aromatic heterocycles. The van der Waals surface area contributed by atoms with Crippen LogP contribution in [0, 0.1) is 11.7 Å². The van der Waals surface area contributed by atoms with E-state index in [-0.39, 0.29) is 0 Å². The van der Waals surface area contributed by atoms with Gasteiger partial charge in [0.2, 0.25) is 0 Å². The molecular formula is C15H14N4S. The Labute approximate surface area is 122 Å². The number of nitrogens with one attached hydrogen (secondary N) is 1. The van der Waals surface area contributed by atoms with Gasteiger partial charge in [0.15, 0.2) is 10.6 Å². The van der Waals surface area contributed by atoms with Crippen molar-refractivity contribution < 1.29 is 0 Å². The second-order valence-corrected chi connectivity index (χ2v) is 5.06. The first-order valence-corrected chi connectivity index (χ1v) is 6.76. The van der Waals surface area contributed by atoms with E-state index in [1.807, 2.05) is 16.7 Å². The maximum Gasteiger partial charge on any atom is 0.195 e. The monoisotopic (exact) mass is 282 g/mol. The highest BCUT2D eigenvalue weighted by atomic mass is 32.1. The average Bonchev–Trinajstić information content (AvgIpc) is 2.81. The third-order valence-electron chi connectivity index (χ3n) is 3.10. The van der Waals surface area contributed by atoms with Crippen molar-refractivity contribution in [2.45, 2.75) is 13.5 Å². The largest absolute Gasteiger partial charge is 0.296 e. The van der Waals surface area contributed by atoms with Crippen LogP contribution >= 0.6 is 12.2 Å². The summed E-state index contributed by atoms with van der Waals surface area (Å²) in [4.78, 5) is 4.13. The van der Waals surface area contributed by atoms with E-state index in [9.17, 15) is 0 Å². The van der Waals surface area contributed by atoms with Gasteiger partial charge in [-0.05, 0) is 36.8 Å². The second kappa shape index (κ2) is 5.38. The van der Waals surface area contributed by atoms with Gasteiger partial charge in [-0.15, -0.1) is 0 Å². The van der Waals surface area contributed by atoms with Gasteiger partial charge in [-0.25, -0.2) is 0 Å². The van der Waals surface area contributed by atoms with Gasteiger partial charge in [-0.2, -0.15) is 5.10 Å². The van der Waals surface area contributed by atoms with E-state index in [1.54, 1.807) is 12.4 Å². The van der Waals surface area contributed by atoms with E-state index in [0.29, 0.717) is 11.3 Å². The number of benzene rings is 1. The molecule has 0 radical (unpaired) electrons. The van der Waals surface area contributed by atoms with Crippen LogP contribution in [0.2, 0.25) is 0 Å². The van der Waals surface area contributed by atoms with Gasteiger partial charge in [-0.1, -0.05) is 29.8 Å². The maximum absolute atomic E-state index is 5.33. The quantitative estimate of drug-likeness (QED) is 0.749. The predicted octanol–water partition coefficient (Wildman–Crippen LogP) is 3.36. The molecule has 5 heteroatoms. The highest BCUT2D eigenvalue weighted by molar-refractivity contribution is 7.71. The lowest BCUT2D eigenvalue weighted by Crippen LogP contribution is -2.02. The number of H-pyrrole nitrogens is 1. The minimum absolute atomic E-state index is 0.616. The van der Waals surface area contributed by atoms with Gasteiger partial charge in [0, 0.05) is 18.0 Å². The second-order valence-electron chi connectivity index (χ2n) is 4.67. The molecule has 0 aliphatic rings. The van der Waals surface area contributed by atoms with Gasteiger partial charge in [0.1, 0.15) is 0 Å². The summed E-state index contributed by atoms with van der Waals surface area (Å²) in [6, 6.07) is 12.3. The number of aromatic amines is 1. The molecule has 0 spiro atoms. The van der Waals surface area contributed by atoms with Crippen LogP contribution in [-0.4, -0.2) is 19.7 Å². The van der Waals surface area contributed by atoms with E-state index in [0.717, 1.165) is 11.4 Å². The van der Waals surface area contributed by atoms with Crippen molar-refractivity contribution in [1.29, 1.82) is 0 Å². The molecule has 0 saturated carbocycles. The van der Waals surface area contributed by atoms with Crippen LogP contribution in [0.4, 0.5) is 0 Å². The molecule has 100 valence electrons. The third-order valence-corrected chi connectivity index (χ3v) is 3.41. The number of nitrogens with zero attached hydrogens (tertiary/aromatic N) is 3. The Morgan fingerprint density at radius 1 is 1.25 bits per heavy atom. The molecule has 0 aliphatic carbocycles. The Balaban J connectivity index is 2.02. The zero-order chi connectivity index (χ0) is 13.9. The third kappa shape index (κ3) is 2.53. The molecule has 0 unspecified atom stereocenters. The first-order valence-electron chi connectivity index (χ1n) is 6.35. The van der Waals surface area contributed by atoms with Crippen molar-refractivity contribution in [3.05, 3.63) is 64.7 Å². The highest BCUT2D eigenvalue weighted by Crippen LogP contribution is 2.17. The first-order chi connectivity index (χ1) is 9.74. The molecule has 0 bridgehead atoms. The molecule has 1 aromatic carbocycles. The molecule has 20 heavy (non-hydrogen) atoms. The van der Waals surface area contributed by atoms with E-state index in [2.05, 4.69) is 46.4 Å². The molecule has 2 heterocycles. The Kier molecular flexibility index (Phi) is 3.43. The fourth-order valence-corrected chi connectivity index (χ4v) is 2.37. The normalized spacial score (nSPS) is 10.7. The summed E-state index contributed by atoms with van der Waals surface area (Å²) in [6.07, 6.45) is 3.54. The summed E-state index contributed by atoms with van der Waals surface area (Å²) in [5.41, 5.74) is 3.39. The van der Waals surface area contributed by atoms with Crippen LogP contribution in [-0.2, 0) is 6.54 Å². The molecule has 3 rings (SSSR count). The number of hydrogen-bond donors (Lipinski definition) is 1.